The summed E-state index contributed by atoms with van der Waals surface area (Å²) >= 11 is 0. The van der Waals surface area contributed by atoms with Crippen molar-refractivity contribution in [1.29, 1.82) is 0 Å². The maximum Gasteiger partial charge on any atom is 0.411 e. The Balaban J connectivity index is 1.30. The molecule has 5 aliphatic heterocycles. The van der Waals surface area contributed by atoms with Crippen molar-refractivity contribution in [3.63, 3.8) is 0 Å². The van der Waals surface area contributed by atoms with Crippen LogP contribution in [0.1, 0.15) is 40.0 Å². The Kier molecular flexibility index (Phi) is 6.89. The number of ether oxygens (including phenoxy) is 3. The summed E-state index contributed by atoms with van der Waals surface area (Å²) in [5, 5.41) is 3.61. The fourth-order valence-corrected chi connectivity index (χ4v) is 5.49. The summed E-state index contributed by atoms with van der Waals surface area (Å²) in [6.45, 7) is 13.0. The minimum atomic E-state index is -0.479. The number of nitrogens with zero attached hydrogens (tertiary/aromatic N) is 3. The van der Waals surface area contributed by atoms with Gasteiger partial charge in [-0.1, -0.05) is 0 Å². The number of morpholine rings is 1. The molecule has 8 nitrogen and oxygen atoms in total. The predicted molar refractivity (Wildman–Crippen MR) is 115 cm³/mol. The molecule has 0 saturated carbocycles. The molecule has 0 aromatic heterocycles. The van der Waals surface area contributed by atoms with Crippen molar-refractivity contribution >= 4 is 6.09 Å². The number of amides is 1. The van der Waals surface area contributed by atoms with Gasteiger partial charge in [0.05, 0.1) is 31.9 Å². The first-order chi connectivity index (χ1) is 14.3. The van der Waals surface area contributed by atoms with E-state index in [0.717, 1.165) is 58.7 Å². The van der Waals surface area contributed by atoms with Crippen LogP contribution in [0, 0.1) is 0 Å². The van der Waals surface area contributed by atoms with Gasteiger partial charge in [0.15, 0.2) is 0 Å². The number of likely N-dealkylation sites (N-methyl/N-ethyl adjacent to an activating group) is 1. The van der Waals surface area contributed by atoms with Gasteiger partial charge in [0.25, 0.3) is 0 Å². The van der Waals surface area contributed by atoms with E-state index in [1.165, 1.54) is 0 Å². The predicted octanol–water partition coefficient (Wildman–Crippen LogP) is 1.15. The highest BCUT2D eigenvalue weighted by Crippen LogP contribution is 2.27. The van der Waals surface area contributed by atoms with Crippen LogP contribution in [0.4, 0.5) is 4.79 Å². The maximum absolute atomic E-state index is 13.1. The zero-order valence-corrected chi connectivity index (χ0v) is 19.1. The van der Waals surface area contributed by atoms with Crippen molar-refractivity contribution in [2.75, 3.05) is 59.7 Å². The molecule has 5 aliphatic rings. The third-order valence-corrected chi connectivity index (χ3v) is 7.21. The van der Waals surface area contributed by atoms with Gasteiger partial charge in [0.2, 0.25) is 0 Å². The van der Waals surface area contributed by atoms with E-state index in [0.29, 0.717) is 31.3 Å². The minimum Gasteiger partial charge on any atom is -0.443 e. The summed E-state index contributed by atoms with van der Waals surface area (Å²) in [5.41, 5.74) is -0.479. The molecule has 172 valence electrons. The fourth-order valence-electron chi connectivity index (χ4n) is 5.49. The smallest absolute Gasteiger partial charge is 0.411 e. The highest BCUT2D eigenvalue weighted by Gasteiger charge is 2.42. The lowest BCUT2D eigenvalue weighted by Gasteiger charge is -2.49. The van der Waals surface area contributed by atoms with Gasteiger partial charge in [0.1, 0.15) is 5.60 Å². The molecule has 0 aromatic carbocycles. The fraction of sp³-hybridized carbons (Fsp3) is 0.955. The number of carbonyl (C=O) groups excluding carboxylic acids is 1. The van der Waals surface area contributed by atoms with Crippen LogP contribution in [0.25, 0.3) is 0 Å². The van der Waals surface area contributed by atoms with Gasteiger partial charge >= 0.3 is 6.09 Å². The molecule has 5 saturated heterocycles. The lowest BCUT2D eigenvalue weighted by molar-refractivity contribution is -0.0969. The molecule has 0 aliphatic carbocycles. The van der Waals surface area contributed by atoms with Crippen molar-refractivity contribution in [2.45, 2.75) is 75.8 Å². The van der Waals surface area contributed by atoms with Crippen LogP contribution in [-0.2, 0) is 14.2 Å². The van der Waals surface area contributed by atoms with Gasteiger partial charge in [0, 0.05) is 50.9 Å². The molecule has 5 unspecified atom stereocenters. The van der Waals surface area contributed by atoms with Gasteiger partial charge in [-0.15, -0.1) is 0 Å². The number of carbonyl (C=O) groups is 1. The maximum atomic E-state index is 13.1. The first-order valence-electron chi connectivity index (χ1n) is 11.7. The molecular weight excluding hydrogens is 384 g/mol. The zero-order chi connectivity index (χ0) is 21.3. The lowest BCUT2D eigenvalue weighted by Crippen LogP contribution is -2.66. The van der Waals surface area contributed by atoms with Crippen molar-refractivity contribution in [2.24, 2.45) is 0 Å². The van der Waals surface area contributed by atoms with E-state index in [-0.39, 0.29) is 18.2 Å². The first-order valence-corrected chi connectivity index (χ1v) is 11.7. The second-order valence-corrected chi connectivity index (χ2v) is 10.3. The first kappa shape index (κ1) is 22.3. The SMILES string of the molecule is CC(CCC(C)(C)OC(=O)N1C2COCC1CN(C)C2)N1CC2COCCC1CN2. The summed E-state index contributed by atoms with van der Waals surface area (Å²) in [5.74, 6) is 0. The molecule has 5 atom stereocenters. The zero-order valence-electron chi connectivity index (χ0n) is 19.1. The standard InChI is InChI=1S/C22H40N4O4/c1-16(25-10-17-13-28-8-6-18(25)9-23-17)5-7-22(2,3)30-21(27)26-19-11-24(4)12-20(26)15-29-14-19/h16-20,23H,5-15H2,1-4H3. The Morgan fingerprint density at radius 3 is 2.60 bits per heavy atom. The highest BCUT2D eigenvalue weighted by atomic mass is 16.6. The molecule has 5 rings (SSSR count). The van der Waals surface area contributed by atoms with Gasteiger partial charge < -0.3 is 24.4 Å². The topological polar surface area (TPSA) is 66.5 Å². The van der Waals surface area contributed by atoms with Gasteiger partial charge in [-0.2, -0.15) is 0 Å². The molecule has 8 heteroatoms. The molecule has 0 spiro atoms. The van der Waals surface area contributed by atoms with Crippen LogP contribution in [0.3, 0.4) is 0 Å². The second-order valence-electron chi connectivity index (χ2n) is 10.3. The van der Waals surface area contributed by atoms with Crippen LogP contribution in [0.2, 0.25) is 0 Å². The molecule has 30 heavy (non-hydrogen) atoms. The second kappa shape index (κ2) is 9.28. The highest BCUT2D eigenvalue weighted by molar-refractivity contribution is 5.69. The van der Waals surface area contributed by atoms with Crippen LogP contribution in [0.15, 0.2) is 0 Å². The van der Waals surface area contributed by atoms with E-state index in [9.17, 15) is 4.79 Å². The van der Waals surface area contributed by atoms with Crippen molar-refractivity contribution in [1.82, 2.24) is 20.0 Å². The number of rotatable bonds is 5. The van der Waals surface area contributed by atoms with Crippen LogP contribution in [0.5, 0.6) is 0 Å². The summed E-state index contributed by atoms with van der Waals surface area (Å²) in [6, 6.07) is 1.61. The molecule has 5 fully saturated rings. The van der Waals surface area contributed by atoms with E-state index in [2.05, 4.69) is 42.9 Å². The number of hydrogen-bond acceptors (Lipinski definition) is 7. The normalized spacial score (nSPS) is 34.3. The van der Waals surface area contributed by atoms with E-state index in [1.54, 1.807) is 0 Å². The number of fused-ring (bicyclic) bond motifs is 7. The number of piperazine rings is 2. The van der Waals surface area contributed by atoms with Crippen LogP contribution in [-0.4, -0.2) is 116 Å². The monoisotopic (exact) mass is 424 g/mol. The number of hydrogen-bond donors (Lipinski definition) is 1. The van der Waals surface area contributed by atoms with Crippen LogP contribution < -0.4 is 5.32 Å². The Bertz CT molecular complexity index is 586. The average Bonchev–Trinajstić information content (AvgIpc) is 2.65. The molecule has 4 bridgehead atoms. The van der Waals surface area contributed by atoms with Gasteiger partial charge in [-0.05, 0) is 47.1 Å². The van der Waals surface area contributed by atoms with Crippen molar-refractivity contribution in [3.05, 3.63) is 0 Å². The van der Waals surface area contributed by atoms with E-state index in [4.69, 9.17) is 14.2 Å². The van der Waals surface area contributed by atoms with Crippen LogP contribution >= 0.6 is 0 Å². The van der Waals surface area contributed by atoms with E-state index >= 15 is 0 Å². The molecule has 0 aromatic rings. The summed E-state index contributed by atoms with van der Waals surface area (Å²) in [6.07, 6.45) is 2.78. The van der Waals surface area contributed by atoms with Crippen molar-refractivity contribution in [3.8, 4) is 0 Å². The largest absolute Gasteiger partial charge is 0.443 e. The average molecular weight is 425 g/mol. The quantitative estimate of drug-likeness (QED) is 0.710. The van der Waals surface area contributed by atoms with Crippen molar-refractivity contribution < 1.29 is 19.0 Å². The molecule has 0 radical (unpaired) electrons. The Morgan fingerprint density at radius 1 is 1.13 bits per heavy atom. The lowest BCUT2D eigenvalue weighted by atomic mass is 9.95. The molecule has 1 N–H and O–H groups in total. The van der Waals surface area contributed by atoms with E-state index < -0.39 is 5.60 Å². The summed E-state index contributed by atoms with van der Waals surface area (Å²) < 4.78 is 17.5. The molecular formula is C22H40N4O4. The minimum absolute atomic E-state index is 0.0935. The summed E-state index contributed by atoms with van der Waals surface area (Å²) in [4.78, 5) is 19.9. The number of nitrogens with one attached hydrogen (secondary N) is 1. The third kappa shape index (κ3) is 5.10. The molecule has 5 heterocycles. The van der Waals surface area contributed by atoms with E-state index in [1.807, 2.05) is 4.90 Å². The van der Waals surface area contributed by atoms with Gasteiger partial charge in [-0.3, -0.25) is 9.80 Å². The third-order valence-electron chi connectivity index (χ3n) is 7.21. The Morgan fingerprint density at radius 2 is 1.87 bits per heavy atom. The Hall–Kier alpha value is -0.930. The Labute approximate surface area is 181 Å². The summed E-state index contributed by atoms with van der Waals surface area (Å²) in [7, 11) is 2.11. The molecule has 1 amide bonds. The van der Waals surface area contributed by atoms with Gasteiger partial charge in [-0.25, -0.2) is 4.79 Å².